The van der Waals surface area contributed by atoms with E-state index in [0.29, 0.717) is 6.42 Å². The summed E-state index contributed by atoms with van der Waals surface area (Å²) in [6.07, 6.45) is 2.53. The SMILES string of the molecule is CN1C(=O)C[C@H](C(=O)N2CCCC2)[C@H]1c1cccs1. The van der Waals surface area contributed by atoms with Crippen molar-refractivity contribution < 1.29 is 9.59 Å². The Hall–Kier alpha value is -1.36. The molecule has 0 aliphatic carbocycles. The fraction of sp³-hybridized carbons (Fsp3) is 0.571. The van der Waals surface area contributed by atoms with Crippen LogP contribution < -0.4 is 0 Å². The average molecular weight is 278 g/mol. The molecule has 0 spiro atoms. The first-order chi connectivity index (χ1) is 9.18. The van der Waals surface area contributed by atoms with Gasteiger partial charge in [0.05, 0.1) is 12.0 Å². The van der Waals surface area contributed by atoms with Crippen LogP contribution in [0.15, 0.2) is 17.5 Å². The molecule has 0 radical (unpaired) electrons. The van der Waals surface area contributed by atoms with Crippen molar-refractivity contribution in [2.45, 2.75) is 25.3 Å². The third kappa shape index (κ3) is 2.16. The maximum atomic E-state index is 12.6. The maximum absolute atomic E-state index is 12.6. The lowest BCUT2D eigenvalue weighted by Gasteiger charge is -2.26. The molecule has 19 heavy (non-hydrogen) atoms. The molecule has 0 N–H and O–H groups in total. The maximum Gasteiger partial charge on any atom is 0.228 e. The first-order valence-electron chi connectivity index (χ1n) is 6.76. The van der Waals surface area contributed by atoms with Gasteiger partial charge in [-0.15, -0.1) is 11.3 Å². The van der Waals surface area contributed by atoms with Gasteiger partial charge in [0.15, 0.2) is 0 Å². The van der Waals surface area contributed by atoms with E-state index in [1.54, 1.807) is 16.2 Å². The van der Waals surface area contributed by atoms with Crippen LogP contribution in [0.1, 0.15) is 30.2 Å². The molecule has 0 bridgehead atoms. The fourth-order valence-corrected chi connectivity index (χ4v) is 4.05. The highest BCUT2D eigenvalue weighted by Crippen LogP contribution is 2.40. The van der Waals surface area contributed by atoms with Crippen molar-refractivity contribution in [2.75, 3.05) is 20.1 Å². The van der Waals surface area contributed by atoms with Crippen molar-refractivity contribution in [3.63, 3.8) is 0 Å². The standard InChI is InChI=1S/C14H18N2O2S/c1-15-12(17)9-10(13(15)11-5-4-8-19-11)14(18)16-6-2-3-7-16/h4-5,8,10,13H,2-3,6-7,9H2,1H3/t10-,13-/m0/s1. The number of hydrogen-bond donors (Lipinski definition) is 0. The molecule has 2 aliphatic heterocycles. The Balaban J connectivity index is 1.86. The monoisotopic (exact) mass is 278 g/mol. The molecule has 2 aliphatic rings. The summed E-state index contributed by atoms with van der Waals surface area (Å²) in [5, 5.41) is 2.00. The van der Waals surface area contributed by atoms with Crippen LogP contribution in [-0.2, 0) is 9.59 Å². The highest BCUT2D eigenvalue weighted by atomic mass is 32.1. The van der Waals surface area contributed by atoms with Gasteiger partial charge in [0, 0.05) is 31.4 Å². The molecule has 2 atom stereocenters. The highest BCUT2D eigenvalue weighted by Gasteiger charge is 2.44. The molecule has 3 heterocycles. The smallest absolute Gasteiger partial charge is 0.228 e. The molecule has 3 rings (SSSR count). The Morgan fingerprint density at radius 2 is 2.11 bits per heavy atom. The predicted octanol–water partition coefficient (Wildman–Crippen LogP) is 1.89. The van der Waals surface area contributed by atoms with E-state index in [-0.39, 0.29) is 23.8 Å². The molecule has 2 fully saturated rings. The third-order valence-electron chi connectivity index (χ3n) is 4.16. The molecular weight excluding hydrogens is 260 g/mol. The van der Waals surface area contributed by atoms with Crippen LogP contribution in [0, 0.1) is 5.92 Å². The fourth-order valence-electron chi connectivity index (χ4n) is 3.11. The van der Waals surface area contributed by atoms with Crippen LogP contribution in [0.3, 0.4) is 0 Å². The molecule has 0 unspecified atom stereocenters. The number of rotatable bonds is 2. The molecular formula is C14H18N2O2S. The Kier molecular flexibility index (Phi) is 3.31. The number of hydrogen-bond acceptors (Lipinski definition) is 3. The van der Waals surface area contributed by atoms with Crippen LogP contribution >= 0.6 is 11.3 Å². The molecule has 0 saturated carbocycles. The van der Waals surface area contributed by atoms with E-state index in [1.165, 1.54) is 0 Å². The van der Waals surface area contributed by atoms with Crippen molar-refractivity contribution in [1.82, 2.24) is 9.80 Å². The van der Waals surface area contributed by atoms with Crippen molar-refractivity contribution in [2.24, 2.45) is 5.92 Å². The molecule has 1 aromatic rings. The van der Waals surface area contributed by atoms with E-state index in [4.69, 9.17) is 0 Å². The minimum absolute atomic E-state index is 0.0689. The minimum Gasteiger partial charge on any atom is -0.342 e. The minimum atomic E-state index is -0.200. The average Bonchev–Trinajstić information content (AvgIpc) is 3.11. The van der Waals surface area contributed by atoms with Crippen LogP contribution in [0.2, 0.25) is 0 Å². The van der Waals surface area contributed by atoms with Gasteiger partial charge in [0.2, 0.25) is 11.8 Å². The van der Waals surface area contributed by atoms with Crippen molar-refractivity contribution in [3.8, 4) is 0 Å². The summed E-state index contributed by atoms with van der Waals surface area (Å²) < 4.78 is 0. The second kappa shape index (κ2) is 4.96. The summed E-state index contributed by atoms with van der Waals surface area (Å²) in [6.45, 7) is 1.70. The van der Waals surface area contributed by atoms with Gasteiger partial charge in [0.1, 0.15) is 0 Å². The second-order valence-electron chi connectivity index (χ2n) is 5.31. The van der Waals surface area contributed by atoms with Gasteiger partial charge < -0.3 is 9.80 Å². The van der Waals surface area contributed by atoms with E-state index in [1.807, 2.05) is 29.5 Å². The Morgan fingerprint density at radius 1 is 1.37 bits per heavy atom. The van der Waals surface area contributed by atoms with Gasteiger partial charge >= 0.3 is 0 Å². The zero-order chi connectivity index (χ0) is 13.4. The highest BCUT2D eigenvalue weighted by molar-refractivity contribution is 7.10. The van der Waals surface area contributed by atoms with Gasteiger partial charge in [-0.1, -0.05) is 6.07 Å². The summed E-state index contributed by atoms with van der Waals surface area (Å²) in [6, 6.07) is 3.93. The van der Waals surface area contributed by atoms with Gasteiger partial charge in [0.25, 0.3) is 0 Å². The largest absolute Gasteiger partial charge is 0.342 e. The zero-order valence-corrected chi connectivity index (χ0v) is 11.9. The molecule has 5 heteroatoms. The van der Waals surface area contributed by atoms with Gasteiger partial charge in [-0.05, 0) is 24.3 Å². The van der Waals surface area contributed by atoms with Crippen molar-refractivity contribution in [3.05, 3.63) is 22.4 Å². The number of likely N-dealkylation sites (tertiary alicyclic amines) is 2. The van der Waals surface area contributed by atoms with Gasteiger partial charge in [-0.25, -0.2) is 0 Å². The number of nitrogens with zero attached hydrogens (tertiary/aromatic N) is 2. The Bertz CT molecular complexity index is 480. The molecule has 2 amide bonds. The molecule has 4 nitrogen and oxygen atoms in total. The van der Waals surface area contributed by atoms with Crippen molar-refractivity contribution >= 4 is 23.2 Å². The Labute approximate surface area is 117 Å². The molecule has 2 saturated heterocycles. The number of carbonyl (C=O) groups excluding carboxylic acids is 2. The summed E-state index contributed by atoms with van der Waals surface area (Å²) in [5.74, 6) is 0.0406. The van der Waals surface area contributed by atoms with Gasteiger partial charge in [-0.2, -0.15) is 0 Å². The van der Waals surface area contributed by atoms with E-state index in [2.05, 4.69) is 0 Å². The summed E-state index contributed by atoms with van der Waals surface area (Å²) >= 11 is 1.63. The van der Waals surface area contributed by atoms with E-state index in [9.17, 15) is 9.59 Å². The number of carbonyl (C=O) groups is 2. The summed E-state index contributed by atoms with van der Waals surface area (Å²) in [4.78, 5) is 29.4. The summed E-state index contributed by atoms with van der Waals surface area (Å²) in [7, 11) is 1.81. The summed E-state index contributed by atoms with van der Waals surface area (Å²) in [5.41, 5.74) is 0. The lowest BCUT2D eigenvalue weighted by atomic mass is 9.97. The van der Waals surface area contributed by atoms with E-state index < -0.39 is 0 Å². The van der Waals surface area contributed by atoms with E-state index >= 15 is 0 Å². The van der Waals surface area contributed by atoms with Crippen LogP contribution in [0.4, 0.5) is 0 Å². The second-order valence-corrected chi connectivity index (χ2v) is 6.29. The van der Waals surface area contributed by atoms with Gasteiger partial charge in [-0.3, -0.25) is 9.59 Å². The topological polar surface area (TPSA) is 40.6 Å². The van der Waals surface area contributed by atoms with Crippen LogP contribution in [0.25, 0.3) is 0 Å². The first-order valence-corrected chi connectivity index (χ1v) is 7.64. The molecule has 1 aromatic heterocycles. The van der Waals surface area contributed by atoms with Crippen LogP contribution in [0.5, 0.6) is 0 Å². The van der Waals surface area contributed by atoms with E-state index in [0.717, 1.165) is 30.8 Å². The molecule has 0 aromatic carbocycles. The lowest BCUT2D eigenvalue weighted by molar-refractivity contribution is -0.135. The first kappa shape index (κ1) is 12.7. The van der Waals surface area contributed by atoms with Crippen LogP contribution in [-0.4, -0.2) is 41.8 Å². The predicted molar refractivity (Wildman–Crippen MR) is 73.8 cm³/mol. The number of amides is 2. The quantitative estimate of drug-likeness (QED) is 0.829. The van der Waals surface area contributed by atoms with Crippen molar-refractivity contribution in [1.29, 1.82) is 0 Å². The normalized spacial score (nSPS) is 27.3. The Morgan fingerprint density at radius 3 is 2.74 bits per heavy atom. The zero-order valence-electron chi connectivity index (χ0n) is 11.0. The lowest BCUT2D eigenvalue weighted by Crippen LogP contribution is -2.36. The number of thiophene rings is 1. The molecule has 102 valence electrons. The third-order valence-corrected chi connectivity index (χ3v) is 5.10.